The highest BCUT2D eigenvalue weighted by Gasteiger charge is 2.10. The number of nitrogens with one attached hydrogen (secondary N) is 1. The summed E-state index contributed by atoms with van der Waals surface area (Å²) < 4.78 is 1.79. The van der Waals surface area contributed by atoms with Crippen molar-refractivity contribution in [3.63, 3.8) is 0 Å². The van der Waals surface area contributed by atoms with Gasteiger partial charge in [0.1, 0.15) is 0 Å². The van der Waals surface area contributed by atoms with Gasteiger partial charge in [-0.05, 0) is 27.2 Å². The third-order valence-electron chi connectivity index (χ3n) is 2.66. The van der Waals surface area contributed by atoms with Gasteiger partial charge in [0.15, 0.2) is 0 Å². The number of carbonyl (C=O) groups excluding carboxylic acids is 1. The van der Waals surface area contributed by atoms with Crippen LogP contribution in [0, 0.1) is 0 Å². The van der Waals surface area contributed by atoms with Crippen molar-refractivity contribution in [1.82, 2.24) is 25.2 Å². The largest absolute Gasteiger partial charge is 0.349 e. The zero-order valence-electron chi connectivity index (χ0n) is 12.6. The van der Waals surface area contributed by atoms with Crippen molar-refractivity contribution in [2.45, 2.75) is 52.2 Å². The van der Waals surface area contributed by atoms with E-state index in [0.29, 0.717) is 13.0 Å². The van der Waals surface area contributed by atoms with Crippen LogP contribution in [0.3, 0.4) is 0 Å². The van der Waals surface area contributed by atoms with Gasteiger partial charge in [0.05, 0.1) is 5.69 Å². The van der Waals surface area contributed by atoms with Crippen LogP contribution in [0.2, 0.25) is 0 Å². The first-order valence-electron chi connectivity index (χ1n) is 6.62. The lowest BCUT2D eigenvalue weighted by atomic mass is 10.1. The van der Waals surface area contributed by atoms with Gasteiger partial charge in [-0.3, -0.25) is 9.48 Å². The maximum absolute atomic E-state index is 11.4. The van der Waals surface area contributed by atoms with Crippen molar-refractivity contribution >= 4 is 5.91 Å². The van der Waals surface area contributed by atoms with E-state index in [1.165, 1.54) is 0 Å². The fraction of sp³-hybridized carbons (Fsp3) is 0.769. The van der Waals surface area contributed by atoms with Crippen LogP contribution in [-0.2, 0) is 17.9 Å². The predicted octanol–water partition coefficient (Wildman–Crippen LogP) is 1.03. The molecule has 108 valence electrons. The second kappa shape index (κ2) is 6.65. The minimum atomic E-state index is 0.0713. The molecular weight excluding hydrogens is 242 g/mol. The van der Waals surface area contributed by atoms with Crippen molar-refractivity contribution in [3.8, 4) is 0 Å². The smallest absolute Gasteiger partial charge is 0.222 e. The van der Waals surface area contributed by atoms with E-state index in [2.05, 4.69) is 36.4 Å². The fourth-order valence-corrected chi connectivity index (χ4v) is 1.50. The van der Waals surface area contributed by atoms with Crippen LogP contribution >= 0.6 is 0 Å². The molecule has 19 heavy (non-hydrogen) atoms. The maximum Gasteiger partial charge on any atom is 0.222 e. The van der Waals surface area contributed by atoms with Crippen molar-refractivity contribution in [3.05, 3.63) is 11.9 Å². The van der Waals surface area contributed by atoms with Gasteiger partial charge in [-0.15, -0.1) is 5.10 Å². The lowest BCUT2D eigenvalue weighted by molar-refractivity contribution is -0.128. The van der Waals surface area contributed by atoms with E-state index in [-0.39, 0.29) is 11.4 Å². The molecule has 6 nitrogen and oxygen atoms in total. The van der Waals surface area contributed by atoms with Crippen LogP contribution in [0.15, 0.2) is 6.20 Å². The minimum absolute atomic E-state index is 0.0713. The minimum Gasteiger partial charge on any atom is -0.349 e. The molecule has 0 saturated carbocycles. The Morgan fingerprint density at radius 1 is 1.42 bits per heavy atom. The first-order valence-corrected chi connectivity index (χ1v) is 6.62. The van der Waals surface area contributed by atoms with E-state index >= 15 is 0 Å². The average molecular weight is 267 g/mol. The molecule has 6 heteroatoms. The number of carbonyl (C=O) groups is 1. The summed E-state index contributed by atoms with van der Waals surface area (Å²) in [6.45, 7) is 7.78. The Hall–Kier alpha value is -1.43. The van der Waals surface area contributed by atoms with Crippen molar-refractivity contribution in [2.24, 2.45) is 0 Å². The van der Waals surface area contributed by atoms with Crippen molar-refractivity contribution in [2.75, 3.05) is 14.1 Å². The lowest BCUT2D eigenvalue weighted by Crippen LogP contribution is -2.35. The van der Waals surface area contributed by atoms with Crippen LogP contribution in [0.5, 0.6) is 0 Å². The van der Waals surface area contributed by atoms with Crippen LogP contribution in [0.4, 0.5) is 0 Å². The molecule has 1 N–H and O–H groups in total. The van der Waals surface area contributed by atoms with E-state index in [1.54, 1.807) is 23.7 Å². The summed E-state index contributed by atoms with van der Waals surface area (Å²) in [5.41, 5.74) is 0.996. The summed E-state index contributed by atoms with van der Waals surface area (Å²) in [7, 11) is 3.54. The van der Waals surface area contributed by atoms with Crippen LogP contribution in [0.25, 0.3) is 0 Å². The Morgan fingerprint density at radius 3 is 2.68 bits per heavy atom. The van der Waals surface area contributed by atoms with Gasteiger partial charge in [0.2, 0.25) is 5.91 Å². The van der Waals surface area contributed by atoms with Gasteiger partial charge in [-0.25, -0.2) is 0 Å². The van der Waals surface area contributed by atoms with Gasteiger partial charge in [-0.1, -0.05) is 5.21 Å². The molecule has 0 atom stereocenters. The van der Waals surface area contributed by atoms with Gasteiger partial charge in [-0.2, -0.15) is 0 Å². The Balaban J connectivity index is 2.33. The monoisotopic (exact) mass is 267 g/mol. The predicted molar refractivity (Wildman–Crippen MR) is 74.5 cm³/mol. The molecule has 0 unspecified atom stereocenters. The molecule has 0 saturated heterocycles. The maximum atomic E-state index is 11.4. The number of hydrogen-bond donors (Lipinski definition) is 1. The molecule has 1 aromatic rings. The standard InChI is InChI=1S/C13H25N5O/c1-13(2,3)14-9-11-10-18(16-15-11)8-6-7-12(19)17(4)5/h10,14H,6-9H2,1-5H3. The Kier molecular flexibility index (Phi) is 5.47. The topological polar surface area (TPSA) is 63.1 Å². The molecule has 1 heterocycles. The van der Waals surface area contributed by atoms with Gasteiger partial charge < -0.3 is 10.2 Å². The van der Waals surface area contributed by atoms with E-state index < -0.39 is 0 Å². The summed E-state index contributed by atoms with van der Waals surface area (Å²) in [5.74, 6) is 0.148. The molecule has 0 fully saturated rings. The Morgan fingerprint density at radius 2 is 2.11 bits per heavy atom. The Labute approximate surface area is 115 Å². The number of hydrogen-bond acceptors (Lipinski definition) is 4. The number of aromatic nitrogens is 3. The number of amides is 1. The highest BCUT2D eigenvalue weighted by atomic mass is 16.2. The SMILES string of the molecule is CN(C)C(=O)CCCn1cc(CNC(C)(C)C)nn1. The summed E-state index contributed by atoms with van der Waals surface area (Å²) >= 11 is 0. The molecule has 0 aliphatic rings. The van der Waals surface area contributed by atoms with E-state index in [4.69, 9.17) is 0 Å². The summed E-state index contributed by atoms with van der Waals surface area (Å²) in [4.78, 5) is 13.0. The molecule has 0 spiro atoms. The number of aryl methyl sites for hydroxylation is 1. The molecule has 0 aromatic carbocycles. The first-order chi connectivity index (χ1) is 8.78. The van der Waals surface area contributed by atoms with Gasteiger partial charge in [0, 0.05) is 45.3 Å². The van der Waals surface area contributed by atoms with E-state index in [0.717, 1.165) is 18.7 Å². The fourth-order valence-electron chi connectivity index (χ4n) is 1.50. The lowest BCUT2D eigenvalue weighted by Gasteiger charge is -2.19. The van der Waals surface area contributed by atoms with Crippen molar-refractivity contribution in [1.29, 1.82) is 0 Å². The van der Waals surface area contributed by atoms with Crippen LogP contribution < -0.4 is 5.32 Å². The Bertz CT molecular complexity index is 405. The summed E-state index contributed by atoms with van der Waals surface area (Å²) in [6, 6.07) is 0. The van der Waals surface area contributed by atoms with E-state index in [9.17, 15) is 4.79 Å². The third-order valence-corrected chi connectivity index (χ3v) is 2.66. The van der Waals surface area contributed by atoms with Crippen LogP contribution in [-0.4, -0.2) is 45.4 Å². The first kappa shape index (κ1) is 15.6. The highest BCUT2D eigenvalue weighted by Crippen LogP contribution is 2.03. The molecule has 0 aliphatic heterocycles. The summed E-state index contributed by atoms with van der Waals surface area (Å²) in [5, 5.41) is 11.5. The van der Waals surface area contributed by atoms with Crippen molar-refractivity contribution < 1.29 is 4.79 Å². The second-order valence-electron chi connectivity index (χ2n) is 5.97. The summed E-state index contributed by atoms with van der Waals surface area (Å²) in [6.07, 6.45) is 3.26. The number of rotatable bonds is 6. The molecule has 0 bridgehead atoms. The molecule has 1 aromatic heterocycles. The average Bonchev–Trinajstić information content (AvgIpc) is 2.73. The molecule has 0 aliphatic carbocycles. The van der Waals surface area contributed by atoms with E-state index in [1.807, 2.05) is 6.20 Å². The second-order valence-corrected chi connectivity index (χ2v) is 5.97. The van der Waals surface area contributed by atoms with Gasteiger partial charge >= 0.3 is 0 Å². The van der Waals surface area contributed by atoms with Gasteiger partial charge in [0.25, 0.3) is 0 Å². The third kappa shape index (κ3) is 6.33. The zero-order chi connectivity index (χ0) is 14.5. The normalized spacial score (nSPS) is 11.6. The van der Waals surface area contributed by atoms with Crippen LogP contribution in [0.1, 0.15) is 39.3 Å². The molecule has 1 amide bonds. The number of nitrogens with zero attached hydrogens (tertiary/aromatic N) is 4. The quantitative estimate of drug-likeness (QED) is 0.836. The highest BCUT2D eigenvalue weighted by molar-refractivity contribution is 5.75. The molecular formula is C13H25N5O. The zero-order valence-corrected chi connectivity index (χ0v) is 12.6. The molecule has 1 rings (SSSR count). The molecule has 0 radical (unpaired) electrons.